The zero-order chi connectivity index (χ0) is 12.2. The van der Waals surface area contributed by atoms with E-state index >= 15 is 0 Å². The third-order valence-electron chi connectivity index (χ3n) is 2.58. The number of carbonyl (C=O) groups is 2. The van der Waals surface area contributed by atoms with Gasteiger partial charge in [0.05, 0.1) is 18.2 Å². The number of hydrogen-bond donors (Lipinski definition) is 1. The van der Waals surface area contributed by atoms with Crippen molar-refractivity contribution in [1.29, 1.82) is 0 Å². The lowest BCUT2D eigenvalue weighted by Gasteiger charge is -2.34. The number of esters is 1. The Morgan fingerprint density at radius 3 is 2.75 bits per heavy atom. The summed E-state index contributed by atoms with van der Waals surface area (Å²) in [5.41, 5.74) is -0.229. The van der Waals surface area contributed by atoms with Crippen LogP contribution >= 0.6 is 0 Å². The van der Waals surface area contributed by atoms with E-state index in [2.05, 4.69) is 10.1 Å². The Morgan fingerprint density at radius 1 is 1.56 bits per heavy atom. The first-order valence-corrected chi connectivity index (χ1v) is 4.81. The molecule has 0 heterocycles. The van der Waals surface area contributed by atoms with Gasteiger partial charge in [0.1, 0.15) is 6.10 Å². The lowest BCUT2D eigenvalue weighted by Crippen LogP contribution is -2.51. The van der Waals surface area contributed by atoms with Gasteiger partial charge < -0.3 is 14.8 Å². The van der Waals surface area contributed by atoms with E-state index in [9.17, 15) is 9.59 Å². The van der Waals surface area contributed by atoms with Gasteiger partial charge in [0.2, 0.25) is 6.41 Å². The third kappa shape index (κ3) is 2.30. The predicted molar refractivity (Wildman–Crippen MR) is 57.6 cm³/mol. The monoisotopic (exact) mass is 225 g/mol. The molecule has 1 aliphatic rings. The summed E-state index contributed by atoms with van der Waals surface area (Å²) < 4.78 is 9.83. The maximum absolute atomic E-state index is 11.3. The largest absolute Gasteiger partial charge is 0.465 e. The normalized spacial score (nSPS) is 28.2. The Kier molecular flexibility index (Phi) is 3.84. The Balaban J connectivity index is 2.95. The molecule has 1 rings (SSSR count). The molecular formula is C11H15NO4. The minimum absolute atomic E-state index is 0.406. The van der Waals surface area contributed by atoms with E-state index in [0.29, 0.717) is 12.0 Å². The van der Waals surface area contributed by atoms with Crippen molar-refractivity contribution in [3.8, 4) is 0 Å². The summed E-state index contributed by atoms with van der Waals surface area (Å²) in [7, 11) is 2.83. The molecule has 0 aromatic heterocycles. The lowest BCUT2D eigenvalue weighted by atomic mass is 9.87. The second-order valence-electron chi connectivity index (χ2n) is 3.65. The van der Waals surface area contributed by atoms with Crippen LogP contribution in [0.2, 0.25) is 0 Å². The van der Waals surface area contributed by atoms with Crippen molar-refractivity contribution in [2.45, 2.75) is 18.6 Å². The van der Waals surface area contributed by atoms with Crippen LogP contribution in [-0.2, 0) is 19.1 Å². The predicted octanol–water partition coefficient (Wildman–Crippen LogP) is 0.175. The van der Waals surface area contributed by atoms with Crippen molar-refractivity contribution in [3.63, 3.8) is 0 Å². The van der Waals surface area contributed by atoms with E-state index in [1.54, 1.807) is 25.2 Å². The fourth-order valence-electron chi connectivity index (χ4n) is 1.57. The standard InChI is InChI=1S/C11H15NO4/c1-11(12-7-13)5-4-8(10(14)16-3)6-9(11)15-2/h4-7,9H,1-3H3,(H,12,13). The molecule has 0 spiro atoms. The van der Waals surface area contributed by atoms with Crippen LogP contribution in [0.5, 0.6) is 0 Å². The summed E-state index contributed by atoms with van der Waals surface area (Å²) in [6, 6.07) is 0. The van der Waals surface area contributed by atoms with Crippen LogP contribution in [0.4, 0.5) is 0 Å². The highest BCUT2D eigenvalue weighted by atomic mass is 16.5. The minimum Gasteiger partial charge on any atom is -0.465 e. The van der Waals surface area contributed by atoms with Crippen molar-refractivity contribution in [1.82, 2.24) is 5.32 Å². The molecule has 0 aliphatic heterocycles. The second kappa shape index (κ2) is 4.94. The summed E-state index contributed by atoms with van der Waals surface area (Å²) in [6.45, 7) is 1.80. The van der Waals surface area contributed by atoms with E-state index < -0.39 is 17.6 Å². The van der Waals surface area contributed by atoms with Crippen molar-refractivity contribution in [2.75, 3.05) is 14.2 Å². The summed E-state index contributed by atoms with van der Waals surface area (Å²) in [5.74, 6) is -0.425. The van der Waals surface area contributed by atoms with Gasteiger partial charge in [0.25, 0.3) is 0 Å². The van der Waals surface area contributed by atoms with Crippen molar-refractivity contribution >= 4 is 12.4 Å². The van der Waals surface area contributed by atoms with Gasteiger partial charge >= 0.3 is 5.97 Å². The molecule has 1 aliphatic carbocycles. The average Bonchev–Trinajstić information content (AvgIpc) is 2.28. The number of rotatable bonds is 4. The summed E-state index contributed by atoms with van der Waals surface area (Å²) in [6.07, 6.45) is 5.15. The fourth-order valence-corrected chi connectivity index (χ4v) is 1.57. The van der Waals surface area contributed by atoms with Gasteiger partial charge in [0, 0.05) is 7.11 Å². The molecule has 2 atom stereocenters. The smallest absolute Gasteiger partial charge is 0.337 e. The summed E-state index contributed by atoms with van der Waals surface area (Å²) in [4.78, 5) is 21.8. The van der Waals surface area contributed by atoms with Crippen LogP contribution in [-0.4, -0.2) is 38.2 Å². The Morgan fingerprint density at radius 2 is 2.25 bits per heavy atom. The lowest BCUT2D eigenvalue weighted by molar-refractivity contribution is -0.135. The first-order valence-electron chi connectivity index (χ1n) is 4.81. The van der Waals surface area contributed by atoms with Gasteiger partial charge in [-0.15, -0.1) is 0 Å². The van der Waals surface area contributed by atoms with E-state index in [-0.39, 0.29) is 0 Å². The highest BCUT2D eigenvalue weighted by Crippen LogP contribution is 2.23. The Labute approximate surface area is 94.1 Å². The maximum Gasteiger partial charge on any atom is 0.337 e. The molecule has 0 aromatic rings. The topological polar surface area (TPSA) is 64.6 Å². The number of carbonyl (C=O) groups excluding carboxylic acids is 2. The van der Waals surface area contributed by atoms with Gasteiger partial charge in [-0.25, -0.2) is 4.79 Å². The Hall–Kier alpha value is -1.62. The van der Waals surface area contributed by atoms with E-state index in [1.807, 2.05) is 0 Å². The molecule has 0 saturated heterocycles. The number of methoxy groups -OCH3 is 2. The molecule has 0 aromatic carbocycles. The van der Waals surface area contributed by atoms with Gasteiger partial charge in [-0.3, -0.25) is 4.79 Å². The van der Waals surface area contributed by atoms with Crippen LogP contribution < -0.4 is 5.32 Å². The molecule has 5 nitrogen and oxygen atoms in total. The third-order valence-corrected chi connectivity index (χ3v) is 2.58. The molecule has 5 heteroatoms. The van der Waals surface area contributed by atoms with Crippen molar-refractivity contribution < 1.29 is 19.1 Å². The molecule has 0 fully saturated rings. The van der Waals surface area contributed by atoms with Crippen LogP contribution in [0, 0.1) is 0 Å². The molecule has 2 unspecified atom stereocenters. The SMILES string of the molecule is COC(=O)C1=CC(OC)C(C)(NC=O)C=C1. The van der Waals surface area contributed by atoms with E-state index in [1.165, 1.54) is 14.2 Å². The number of ether oxygens (including phenoxy) is 2. The first-order chi connectivity index (χ1) is 7.57. The highest BCUT2D eigenvalue weighted by Gasteiger charge is 2.33. The summed E-state index contributed by atoms with van der Waals surface area (Å²) >= 11 is 0. The quantitative estimate of drug-likeness (QED) is 0.547. The van der Waals surface area contributed by atoms with Crippen LogP contribution in [0.1, 0.15) is 6.92 Å². The fraction of sp³-hybridized carbons (Fsp3) is 0.455. The van der Waals surface area contributed by atoms with E-state index in [0.717, 1.165) is 0 Å². The molecule has 0 bridgehead atoms. The van der Waals surface area contributed by atoms with Crippen LogP contribution in [0.25, 0.3) is 0 Å². The Bertz CT molecular complexity index is 348. The molecular weight excluding hydrogens is 210 g/mol. The maximum atomic E-state index is 11.3. The summed E-state index contributed by atoms with van der Waals surface area (Å²) in [5, 5.41) is 2.65. The van der Waals surface area contributed by atoms with Crippen LogP contribution in [0.15, 0.2) is 23.8 Å². The number of amides is 1. The molecule has 1 N–H and O–H groups in total. The van der Waals surface area contributed by atoms with Crippen LogP contribution in [0.3, 0.4) is 0 Å². The second-order valence-corrected chi connectivity index (χ2v) is 3.65. The first kappa shape index (κ1) is 12.4. The molecule has 0 saturated carbocycles. The minimum atomic E-state index is -0.645. The number of hydrogen-bond acceptors (Lipinski definition) is 4. The highest BCUT2D eigenvalue weighted by molar-refractivity contribution is 5.92. The van der Waals surface area contributed by atoms with Crippen molar-refractivity contribution in [2.24, 2.45) is 0 Å². The zero-order valence-electron chi connectivity index (χ0n) is 9.52. The molecule has 88 valence electrons. The molecule has 1 amide bonds. The average molecular weight is 225 g/mol. The van der Waals surface area contributed by atoms with E-state index in [4.69, 9.17) is 4.74 Å². The van der Waals surface area contributed by atoms with Gasteiger partial charge in [0.15, 0.2) is 0 Å². The van der Waals surface area contributed by atoms with Crippen molar-refractivity contribution in [3.05, 3.63) is 23.8 Å². The van der Waals surface area contributed by atoms with Gasteiger partial charge in [-0.1, -0.05) is 6.08 Å². The molecule has 0 radical (unpaired) electrons. The molecule has 16 heavy (non-hydrogen) atoms. The number of nitrogens with one attached hydrogen (secondary N) is 1. The zero-order valence-corrected chi connectivity index (χ0v) is 9.52. The van der Waals surface area contributed by atoms with Gasteiger partial charge in [-0.05, 0) is 19.1 Å². The van der Waals surface area contributed by atoms with Gasteiger partial charge in [-0.2, -0.15) is 0 Å².